The predicted molar refractivity (Wildman–Crippen MR) is 69.7 cm³/mol. The SMILES string of the molecule is COC1CCCCC1N1CCCCC1(C)C(=O)O. The third-order valence-corrected chi connectivity index (χ3v) is 4.78. The molecule has 1 saturated heterocycles. The van der Waals surface area contributed by atoms with Crippen LogP contribution in [0.15, 0.2) is 0 Å². The lowest BCUT2D eigenvalue weighted by molar-refractivity contribution is -0.159. The maximum absolute atomic E-state index is 11.6. The van der Waals surface area contributed by atoms with Gasteiger partial charge in [-0.25, -0.2) is 0 Å². The molecule has 18 heavy (non-hydrogen) atoms. The molecule has 0 amide bonds. The smallest absolute Gasteiger partial charge is 0.323 e. The quantitative estimate of drug-likeness (QED) is 0.840. The van der Waals surface area contributed by atoms with Gasteiger partial charge in [0.25, 0.3) is 0 Å². The lowest BCUT2D eigenvalue weighted by atomic mass is 9.82. The van der Waals surface area contributed by atoms with Crippen LogP contribution in [0.1, 0.15) is 51.9 Å². The Hall–Kier alpha value is -0.610. The number of ether oxygens (including phenoxy) is 1. The number of carboxylic acids is 1. The summed E-state index contributed by atoms with van der Waals surface area (Å²) in [5.74, 6) is -0.678. The summed E-state index contributed by atoms with van der Waals surface area (Å²) in [5.41, 5.74) is -0.697. The first-order chi connectivity index (χ1) is 8.59. The molecule has 104 valence electrons. The number of hydrogen-bond donors (Lipinski definition) is 1. The van der Waals surface area contributed by atoms with E-state index < -0.39 is 11.5 Å². The Bertz CT molecular complexity index is 307. The third kappa shape index (κ3) is 2.41. The molecule has 0 aromatic rings. The van der Waals surface area contributed by atoms with Gasteiger partial charge in [-0.05, 0) is 45.6 Å². The van der Waals surface area contributed by atoms with Crippen molar-refractivity contribution in [2.45, 2.75) is 69.6 Å². The number of hydrogen-bond acceptors (Lipinski definition) is 3. The zero-order valence-corrected chi connectivity index (χ0v) is 11.5. The lowest BCUT2D eigenvalue weighted by Crippen LogP contribution is -2.62. The van der Waals surface area contributed by atoms with Crippen LogP contribution in [0.3, 0.4) is 0 Å². The Morgan fingerprint density at radius 2 is 2.00 bits per heavy atom. The molecule has 3 unspecified atom stereocenters. The van der Waals surface area contributed by atoms with E-state index in [1.165, 1.54) is 12.8 Å². The van der Waals surface area contributed by atoms with Gasteiger partial charge in [0.05, 0.1) is 6.10 Å². The van der Waals surface area contributed by atoms with E-state index in [1.807, 2.05) is 6.92 Å². The number of likely N-dealkylation sites (tertiary alicyclic amines) is 1. The Kier molecular flexibility index (Phi) is 4.28. The molecule has 0 spiro atoms. The van der Waals surface area contributed by atoms with Crippen LogP contribution in [0, 0.1) is 0 Å². The van der Waals surface area contributed by atoms with Crippen LogP contribution in [0.4, 0.5) is 0 Å². The monoisotopic (exact) mass is 255 g/mol. The van der Waals surface area contributed by atoms with Crippen molar-refractivity contribution in [3.8, 4) is 0 Å². The summed E-state index contributed by atoms with van der Waals surface area (Å²) in [6, 6.07) is 0.283. The molecule has 3 atom stereocenters. The van der Waals surface area contributed by atoms with E-state index in [-0.39, 0.29) is 12.1 Å². The van der Waals surface area contributed by atoms with E-state index in [1.54, 1.807) is 7.11 Å². The van der Waals surface area contributed by atoms with Crippen molar-refractivity contribution >= 4 is 5.97 Å². The van der Waals surface area contributed by atoms with E-state index in [2.05, 4.69) is 4.90 Å². The van der Waals surface area contributed by atoms with Gasteiger partial charge in [-0.2, -0.15) is 0 Å². The zero-order chi connectivity index (χ0) is 13.2. The second-order valence-corrected chi connectivity index (χ2v) is 5.86. The van der Waals surface area contributed by atoms with Crippen molar-refractivity contribution in [3.63, 3.8) is 0 Å². The molecule has 1 N–H and O–H groups in total. The van der Waals surface area contributed by atoms with Crippen molar-refractivity contribution < 1.29 is 14.6 Å². The van der Waals surface area contributed by atoms with Gasteiger partial charge in [0, 0.05) is 13.2 Å². The van der Waals surface area contributed by atoms with Gasteiger partial charge in [0.2, 0.25) is 0 Å². The fraction of sp³-hybridized carbons (Fsp3) is 0.929. The molecule has 1 saturated carbocycles. The molecular weight excluding hydrogens is 230 g/mol. The number of methoxy groups -OCH3 is 1. The van der Waals surface area contributed by atoms with Gasteiger partial charge < -0.3 is 9.84 Å². The number of nitrogens with zero attached hydrogens (tertiary/aromatic N) is 1. The second kappa shape index (κ2) is 5.57. The van der Waals surface area contributed by atoms with Crippen molar-refractivity contribution in [3.05, 3.63) is 0 Å². The van der Waals surface area contributed by atoms with Crippen molar-refractivity contribution in [2.75, 3.05) is 13.7 Å². The van der Waals surface area contributed by atoms with Crippen LogP contribution in [-0.4, -0.2) is 47.3 Å². The Balaban J connectivity index is 2.19. The van der Waals surface area contributed by atoms with Gasteiger partial charge in [-0.3, -0.25) is 9.69 Å². The van der Waals surface area contributed by atoms with Crippen LogP contribution in [0.2, 0.25) is 0 Å². The molecule has 2 aliphatic rings. The molecule has 0 radical (unpaired) electrons. The number of aliphatic carboxylic acids is 1. The highest BCUT2D eigenvalue weighted by molar-refractivity contribution is 5.78. The van der Waals surface area contributed by atoms with E-state index in [9.17, 15) is 9.90 Å². The first-order valence-corrected chi connectivity index (χ1v) is 7.12. The van der Waals surface area contributed by atoms with Crippen LogP contribution in [-0.2, 0) is 9.53 Å². The first-order valence-electron chi connectivity index (χ1n) is 7.12. The maximum atomic E-state index is 11.6. The third-order valence-electron chi connectivity index (χ3n) is 4.78. The second-order valence-electron chi connectivity index (χ2n) is 5.86. The summed E-state index contributed by atoms with van der Waals surface area (Å²) in [7, 11) is 1.76. The van der Waals surface area contributed by atoms with E-state index in [0.717, 1.165) is 38.6 Å². The van der Waals surface area contributed by atoms with Gasteiger partial charge in [0.15, 0.2) is 0 Å². The minimum Gasteiger partial charge on any atom is -0.480 e. The highest BCUT2D eigenvalue weighted by Gasteiger charge is 2.46. The minimum atomic E-state index is -0.697. The molecule has 2 fully saturated rings. The standard InChI is InChI=1S/C14H25NO3/c1-14(13(16)17)9-5-6-10-15(14)11-7-3-4-8-12(11)18-2/h11-12H,3-10H2,1-2H3,(H,16,17). The normalized spacial score (nSPS) is 38.6. The number of carboxylic acid groups (broad SMARTS) is 1. The summed E-state index contributed by atoms with van der Waals surface area (Å²) in [6.07, 6.45) is 7.61. The van der Waals surface area contributed by atoms with Crippen LogP contribution >= 0.6 is 0 Å². The van der Waals surface area contributed by atoms with Gasteiger partial charge in [-0.1, -0.05) is 12.8 Å². The van der Waals surface area contributed by atoms with Gasteiger partial charge in [-0.15, -0.1) is 0 Å². The zero-order valence-electron chi connectivity index (χ0n) is 11.5. The Morgan fingerprint density at radius 3 is 2.67 bits per heavy atom. The largest absolute Gasteiger partial charge is 0.480 e. The highest BCUT2D eigenvalue weighted by Crippen LogP contribution is 2.35. The molecule has 0 bridgehead atoms. The number of rotatable bonds is 3. The molecule has 4 heteroatoms. The summed E-state index contributed by atoms with van der Waals surface area (Å²) < 4.78 is 5.60. The molecule has 0 aromatic heterocycles. The van der Waals surface area contributed by atoms with Crippen LogP contribution in [0.25, 0.3) is 0 Å². The summed E-state index contributed by atoms with van der Waals surface area (Å²) in [6.45, 7) is 2.78. The van der Waals surface area contributed by atoms with Crippen molar-refractivity contribution in [1.29, 1.82) is 0 Å². The molecule has 1 heterocycles. The summed E-state index contributed by atoms with van der Waals surface area (Å²) >= 11 is 0. The molecule has 0 aromatic carbocycles. The van der Waals surface area contributed by atoms with E-state index in [4.69, 9.17) is 4.74 Å². The number of carbonyl (C=O) groups is 1. The Labute approximate surface area is 109 Å². The minimum absolute atomic E-state index is 0.204. The number of piperidine rings is 1. The first kappa shape index (κ1) is 13.8. The maximum Gasteiger partial charge on any atom is 0.323 e. The van der Waals surface area contributed by atoms with E-state index >= 15 is 0 Å². The summed E-state index contributed by atoms with van der Waals surface area (Å²) in [4.78, 5) is 13.9. The molecule has 1 aliphatic heterocycles. The van der Waals surface area contributed by atoms with Crippen LogP contribution < -0.4 is 0 Å². The average Bonchev–Trinajstić information content (AvgIpc) is 2.39. The van der Waals surface area contributed by atoms with Crippen molar-refractivity contribution in [1.82, 2.24) is 4.90 Å². The predicted octanol–water partition coefficient (Wildman–Crippen LogP) is 2.27. The van der Waals surface area contributed by atoms with Crippen LogP contribution in [0.5, 0.6) is 0 Å². The average molecular weight is 255 g/mol. The Morgan fingerprint density at radius 1 is 1.28 bits per heavy atom. The molecular formula is C14H25NO3. The highest BCUT2D eigenvalue weighted by atomic mass is 16.5. The van der Waals surface area contributed by atoms with Gasteiger partial charge in [0.1, 0.15) is 5.54 Å². The lowest BCUT2D eigenvalue weighted by Gasteiger charge is -2.49. The van der Waals surface area contributed by atoms with E-state index in [0.29, 0.717) is 0 Å². The summed E-state index contributed by atoms with van der Waals surface area (Å²) in [5, 5.41) is 9.58. The molecule has 4 nitrogen and oxygen atoms in total. The molecule has 1 aliphatic carbocycles. The topological polar surface area (TPSA) is 49.8 Å². The van der Waals surface area contributed by atoms with Gasteiger partial charge >= 0.3 is 5.97 Å². The fourth-order valence-corrected chi connectivity index (χ4v) is 3.61. The fourth-order valence-electron chi connectivity index (χ4n) is 3.61. The molecule has 2 rings (SSSR count). The van der Waals surface area contributed by atoms with Crippen molar-refractivity contribution in [2.24, 2.45) is 0 Å².